The third-order valence-corrected chi connectivity index (χ3v) is 6.34. The van der Waals surface area contributed by atoms with Crippen LogP contribution in [0.15, 0.2) is 0 Å². The molecule has 2 atom stereocenters. The molecule has 3 rings (SSSR count). The Hall–Kier alpha value is 0.190. The van der Waals surface area contributed by atoms with Crippen LogP contribution in [0.2, 0.25) is 0 Å². The summed E-state index contributed by atoms with van der Waals surface area (Å²) in [6.45, 7) is 7.70. The average molecular weight is 299 g/mol. The molecule has 0 aliphatic carbocycles. The van der Waals surface area contributed by atoms with E-state index >= 15 is 0 Å². The Balaban J connectivity index is 1.55. The number of nitrogens with zero attached hydrogens (tertiary/aromatic N) is 2. The van der Waals surface area contributed by atoms with Crippen LogP contribution in [0, 0.1) is 0 Å². The predicted octanol–water partition coefficient (Wildman–Crippen LogP) is 1.01. The maximum atomic E-state index is 6.16. The van der Waals surface area contributed by atoms with E-state index in [9.17, 15) is 0 Å². The van der Waals surface area contributed by atoms with Crippen LogP contribution in [0.4, 0.5) is 0 Å². The number of hydrogen-bond donors (Lipinski definition) is 1. The summed E-state index contributed by atoms with van der Waals surface area (Å²) < 4.78 is 6.16. The molecule has 3 saturated heterocycles. The zero-order valence-electron chi connectivity index (χ0n) is 12.6. The third kappa shape index (κ3) is 3.50. The Morgan fingerprint density at radius 1 is 1.25 bits per heavy atom. The van der Waals surface area contributed by atoms with Crippen LogP contribution in [0.5, 0.6) is 0 Å². The first-order valence-corrected chi connectivity index (χ1v) is 9.35. The largest absolute Gasteiger partial charge is 0.374 e. The third-order valence-electron chi connectivity index (χ3n) is 5.12. The summed E-state index contributed by atoms with van der Waals surface area (Å²) in [4.78, 5) is 5.27. The lowest BCUT2D eigenvalue weighted by molar-refractivity contribution is -0.0890. The van der Waals surface area contributed by atoms with Gasteiger partial charge in [-0.2, -0.15) is 11.8 Å². The van der Waals surface area contributed by atoms with Gasteiger partial charge in [0.15, 0.2) is 0 Å². The minimum atomic E-state index is 0.219. The zero-order valence-corrected chi connectivity index (χ0v) is 13.4. The number of thioether (sulfide) groups is 1. The quantitative estimate of drug-likeness (QED) is 0.842. The van der Waals surface area contributed by atoms with Crippen LogP contribution in [0.1, 0.15) is 25.7 Å². The van der Waals surface area contributed by atoms with Gasteiger partial charge in [0.05, 0.1) is 5.60 Å². The molecule has 116 valence electrons. The van der Waals surface area contributed by atoms with E-state index in [4.69, 9.17) is 10.5 Å². The molecule has 3 aliphatic rings. The standard InChI is InChI=1S/C15H29N3OS/c16-4-7-17-5-1-6-18(9-8-17)14-2-10-19-15(12-14)3-11-20-13-15/h14H,1-13,16H2. The average Bonchev–Trinajstić information content (AvgIpc) is 2.76. The molecular weight excluding hydrogens is 270 g/mol. The van der Waals surface area contributed by atoms with E-state index in [0.29, 0.717) is 0 Å². The van der Waals surface area contributed by atoms with Crippen molar-refractivity contribution in [1.29, 1.82) is 0 Å². The maximum absolute atomic E-state index is 6.16. The van der Waals surface area contributed by atoms with Gasteiger partial charge in [0.1, 0.15) is 0 Å². The first-order valence-electron chi connectivity index (χ1n) is 8.19. The highest BCUT2D eigenvalue weighted by molar-refractivity contribution is 7.99. The van der Waals surface area contributed by atoms with Crippen molar-refractivity contribution in [2.75, 3.05) is 57.4 Å². The molecule has 2 N–H and O–H groups in total. The molecule has 0 aromatic carbocycles. The highest BCUT2D eigenvalue weighted by Gasteiger charge is 2.42. The fraction of sp³-hybridized carbons (Fsp3) is 1.00. The highest BCUT2D eigenvalue weighted by Crippen LogP contribution is 2.39. The van der Waals surface area contributed by atoms with Crippen molar-refractivity contribution in [2.24, 2.45) is 5.73 Å². The summed E-state index contributed by atoms with van der Waals surface area (Å²) in [5.41, 5.74) is 5.91. The van der Waals surface area contributed by atoms with Gasteiger partial charge in [-0.25, -0.2) is 0 Å². The molecule has 2 unspecified atom stereocenters. The Morgan fingerprint density at radius 2 is 2.20 bits per heavy atom. The molecule has 0 aromatic rings. The Morgan fingerprint density at radius 3 is 3.00 bits per heavy atom. The van der Waals surface area contributed by atoms with Gasteiger partial charge in [-0.3, -0.25) is 4.90 Å². The number of nitrogens with two attached hydrogens (primary N) is 1. The van der Waals surface area contributed by atoms with Crippen molar-refractivity contribution in [2.45, 2.75) is 37.3 Å². The summed E-state index contributed by atoms with van der Waals surface area (Å²) in [6, 6.07) is 0.750. The van der Waals surface area contributed by atoms with Crippen LogP contribution in [-0.2, 0) is 4.74 Å². The van der Waals surface area contributed by atoms with E-state index in [1.165, 1.54) is 63.4 Å². The van der Waals surface area contributed by atoms with Gasteiger partial charge >= 0.3 is 0 Å². The monoisotopic (exact) mass is 299 g/mol. The van der Waals surface area contributed by atoms with Gasteiger partial charge in [0, 0.05) is 44.6 Å². The number of rotatable bonds is 3. The summed E-state index contributed by atoms with van der Waals surface area (Å²) in [6.07, 6.45) is 5.04. The van der Waals surface area contributed by atoms with Crippen molar-refractivity contribution in [1.82, 2.24) is 9.80 Å². The second kappa shape index (κ2) is 6.97. The molecule has 0 saturated carbocycles. The molecule has 0 aromatic heterocycles. The summed E-state index contributed by atoms with van der Waals surface area (Å²) in [7, 11) is 0. The predicted molar refractivity (Wildman–Crippen MR) is 85.3 cm³/mol. The summed E-state index contributed by atoms with van der Waals surface area (Å²) in [5, 5.41) is 0. The molecule has 0 bridgehead atoms. The fourth-order valence-corrected chi connectivity index (χ4v) is 5.32. The van der Waals surface area contributed by atoms with Gasteiger partial charge < -0.3 is 15.4 Å². The van der Waals surface area contributed by atoms with Gasteiger partial charge in [0.25, 0.3) is 0 Å². The molecule has 3 fully saturated rings. The topological polar surface area (TPSA) is 41.7 Å². The van der Waals surface area contributed by atoms with Crippen LogP contribution in [0.25, 0.3) is 0 Å². The van der Waals surface area contributed by atoms with Crippen molar-refractivity contribution in [3.8, 4) is 0 Å². The summed E-state index contributed by atoms with van der Waals surface area (Å²) >= 11 is 2.07. The lowest BCUT2D eigenvalue weighted by atomic mass is 9.89. The Bertz CT molecular complexity index is 309. The molecule has 1 spiro atoms. The minimum absolute atomic E-state index is 0.219. The van der Waals surface area contributed by atoms with Crippen LogP contribution in [-0.4, -0.2) is 78.8 Å². The van der Waals surface area contributed by atoms with Crippen LogP contribution in [0.3, 0.4) is 0 Å². The lowest BCUT2D eigenvalue weighted by Gasteiger charge is -2.42. The number of ether oxygens (including phenoxy) is 1. The van der Waals surface area contributed by atoms with Gasteiger partial charge in [-0.15, -0.1) is 0 Å². The first-order chi connectivity index (χ1) is 9.81. The molecular formula is C15H29N3OS. The highest BCUT2D eigenvalue weighted by atomic mass is 32.2. The first kappa shape index (κ1) is 15.1. The van der Waals surface area contributed by atoms with E-state index < -0.39 is 0 Å². The van der Waals surface area contributed by atoms with Gasteiger partial charge in [-0.1, -0.05) is 0 Å². The smallest absolute Gasteiger partial charge is 0.0795 e. The second-order valence-corrected chi connectivity index (χ2v) is 7.61. The van der Waals surface area contributed by atoms with Gasteiger partial charge in [0.2, 0.25) is 0 Å². The van der Waals surface area contributed by atoms with Crippen LogP contribution >= 0.6 is 11.8 Å². The molecule has 5 heteroatoms. The summed E-state index contributed by atoms with van der Waals surface area (Å²) in [5.74, 6) is 2.51. The van der Waals surface area contributed by atoms with E-state index in [-0.39, 0.29) is 5.60 Å². The lowest BCUT2D eigenvalue weighted by Crippen LogP contribution is -2.49. The number of hydrogen-bond acceptors (Lipinski definition) is 5. The van der Waals surface area contributed by atoms with Crippen molar-refractivity contribution < 1.29 is 4.74 Å². The molecule has 3 aliphatic heterocycles. The zero-order chi connectivity index (χ0) is 13.8. The van der Waals surface area contributed by atoms with Crippen molar-refractivity contribution in [3.05, 3.63) is 0 Å². The Labute approximate surface area is 127 Å². The van der Waals surface area contributed by atoms with E-state index in [1.54, 1.807) is 0 Å². The van der Waals surface area contributed by atoms with E-state index in [2.05, 4.69) is 21.6 Å². The van der Waals surface area contributed by atoms with Crippen molar-refractivity contribution >= 4 is 11.8 Å². The maximum Gasteiger partial charge on any atom is 0.0795 e. The van der Waals surface area contributed by atoms with E-state index in [0.717, 1.165) is 25.7 Å². The van der Waals surface area contributed by atoms with Crippen molar-refractivity contribution in [3.63, 3.8) is 0 Å². The van der Waals surface area contributed by atoms with E-state index in [1.807, 2.05) is 0 Å². The minimum Gasteiger partial charge on any atom is -0.374 e. The normalized spacial score (nSPS) is 37.4. The molecule has 20 heavy (non-hydrogen) atoms. The molecule has 0 amide bonds. The fourth-order valence-electron chi connectivity index (χ4n) is 3.94. The molecule has 0 radical (unpaired) electrons. The molecule has 4 nitrogen and oxygen atoms in total. The Kier molecular flexibility index (Phi) is 5.26. The SMILES string of the molecule is NCCN1CCCN(C2CCOC3(CCSC3)C2)CC1. The van der Waals surface area contributed by atoms with Gasteiger partial charge in [-0.05, 0) is 44.5 Å². The van der Waals surface area contributed by atoms with Crippen LogP contribution < -0.4 is 5.73 Å². The second-order valence-electron chi connectivity index (χ2n) is 6.50. The molecule has 3 heterocycles.